The van der Waals surface area contributed by atoms with E-state index in [1.165, 1.54) is 5.56 Å². The molecule has 2 aromatic carbocycles. The lowest BCUT2D eigenvalue weighted by molar-refractivity contribution is 0.718. The van der Waals surface area contributed by atoms with Crippen LogP contribution < -0.4 is 5.73 Å². The van der Waals surface area contributed by atoms with Crippen LogP contribution in [-0.4, -0.2) is 0 Å². The van der Waals surface area contributed by atoms with Gasteiger partial charge in [-0.1, -0.05) is 56.8 Å². The first-order valence-corrected chi connectivity index (χ1v) is 7.48. The fraction of sp³-hybridized carbons (Fsp3) is 0.200. The molecule has 4 heteroatoms. The molecule has 0 heterocycles. The van der Waals surface area contributed by atoms with E-state index in [0.717, 1.165) is 15.6 Å². The maximum Gasteiger partial charge on any atom is 0.0439 e. The molecule has 0 saturated heterocycles. The first-order chi connectivity index (χ1) is 8.97. The quantitative estimate of drug-likeness (QED) is 0.790. The van der Waals surface area contributed by atoms with Gasteiger partial charge < -0.3 is 5.73 Å². The first-order valence-electron chi connectivity index (χ1n) is 5.93. The molecule has 0 aromatic heterocycles. The zero-order chi connectivity index (χ0) is 14.0. The molecule has 1 nitrogen and oxygen atoms in total. The number of nitrogens with two attached hydrogens (primary N) is 1. The molecule has 0 aliphatic rings. The summed E-state index contributed by atoms with van der Waals surface area (Å²) >= 11 is 15.7. The van der Waals surface area contributed by atoms with Crippen LogP contribution >= 0.6 is 39.1 Å². The molecule has 100 valence electrons. The Morgan fingerprint density at radius 3 is 2.63 bits per heavy atom. The molecule has 2 aromatic rings. The van der Waals surface area contributed by atoms with Crippen molar-refractivity contribution >= 4 is 39.1 Å². The number of halogens is 3. The van der Waals surface area contributed by atoms with Crippen molar-refractivity contribution in [3.63, 3.8) is 0 Å². The average molecular weight is 359 g/mol. The lowest BCUT2D eigenvalue weighted by Crippen LogP contribution is -2.14. The van der Waals surface area contributed by atoms with Crippen LogP contribution in [0.4, 0.5) is 0 Å². The van der Waals surface area contributed by atoms with E-state index in [9.17, 15) is 0 Å². The molecular formula is C15H14BrCl2N. The third kappa shape index (κ3) is 3.73. The van der Waals surface area contributed by atoms with Crippen molar-refractivity contribution < 1.29 is 0 Å². The van der Waals surface area contributed by atoms with Crippen molar-refractivity contribution in [1.29, 1.82) is 0 Å². The Hall–Kier alpha value is -0.540. The molecule has 19 heavy (non-hydrogen) atoms. The summed E-state index contributed by atoms with van der Waals surface area (Å²) in [5.41, 5.74) is 9.52. The van der Waals surface area contributed by atoms with Gasteiger partial charge in [0, 0.05) is 20.6 Å². The number of rotatable bonds is 3. The molecule has 0 radical (unpaired) electrons. The van der Waals surface area contributed by atoms with Gasteiger partial charge in [0.25, 0.3) is 0 Å². The number of benzene rings is 2. The SMILES string of the molecule is Cc1ccc(Br)c(C(N)Cc2cc(Cl)ccc2Cl)c1. The molecule has 0 amide bonds. The summed E-state index contributed by atoms with van der Waals surface area (Å²) in [7, 11) is 0. The zero-order valence-electron chi connectivity index (χ0n) is 10.5. The number of hydrogen-bond acceptors (Lipinski definition) is 1. The minimum Gasteiger partial charge on any atom is -0.324 e. The van der Waals surface area contributed by atoms with Crippen LogP contribution in [-0.2, 0) is 6.42 Å². The monoisotopic (exact) mass is 357 g/mol. The number of hydrogen-bond donors (Lipinski definition) is 1. The summed E-state index contributed by atoms with van der Waals surface area (Å²) in [5, 5.41) is 1.37. The zero-order valence-corrected chi connectivity index (χ0v) is 13.6. The van der Waals surface area contributed by atoms with Gasteiger partial charge in [0.2, 0.25) is 0 Å². The van der Waals surface area contributed by atoms with E-state index in [0.29, 0.717) is 16.5 Å². The Bertz CT molecular complexity index is 599. The molecule has 2 rings (SSSR count). The Morgan fingerprint density at radius 1 is 1.16 bits per heavy atom. The normalized spacial score (nSPS) is 12.5. The maximum absolute atomic E-state index is 6.28. The fourth-order valence-electron chi connectivity index (χ4n) is 1.99. The molecule has 0 bridgehead atoms. The predicted molar refractivity (Wildman–Crippen MR) is 86.0 cm³/mol. The Balaban J connectivity index is 2.27. The van der Waals surface area contributed by atoms with Crippen LogP contribution in [0.5, 0.6) is 0 Å². The van der Waals surface area contributed by atoms with E-state index in [2.05, 4.69) is 28.9 Å². The predicted octanol–water partition coefficient (Wildman–Crippen LogP) is 5.31. The largest absolute Gasteiger partial charge is 0.324 e. The van der Waals surface area contributed by atoms with Gasteiger partial charge in [0.05, 0.1) is 0 Å². The molecule has 0 aliphatic carbocycles. The van der Waals surface area contributed by atoms with E-state index in [1.54, 1.807) is 12.1 Å². The van der Waals surface area contributed by atoms with Crippen LogP contribution in [0.3, 0.4) is 0 Å². The summed E-state index contributed by atoms with van der Waals surface area (Å²) in [5.74, 6) is 0. The van der Waals surface area contributed by atoms with Crippen LogP contribution in [0.2, 0.25) is 10.0 Å². The highest BCUT2D eigenvalue weighted by Gasteiger charge is 2.13. The lowest BCUT2D eigenvalue weighted by Gasteiger charge is -2.16. The molecule has 1 atom stereocenters. The van der Waals surface area contributed by atoms with E-state index in [-0.39, 0.29) is 6.04 Å². The van der Waals surface area contributed by atoms with E-state index in [1.807, 2.05) is 18.2 Å². The Morgan fingerprint density at radius 2 is 1.89 bits per heavy atom. The molecule has 0 aliphatic heterocycles. The summed E-state index contributed by atoms with van der Waals surface area (Å²) < 4.78 is 1.02. The highest BCUT2D eigenvalue weighted by atomic mass is 79.9. The first kappa shape index (κ1) is 14.9. The lowest BCUT2D eigenvalue weighted by atomic mass is 9.98. The molecule has 1 unspecified atom stereocenters. The highest BCUT2D eigenvalue weighted by Crippen LogP contribution is 2.29. The van der Waals surface area contributed by atoms with Crippen molar-refractivity contribution in [2.45, 2.75) is 19.4 Å². The number of aryl methyl sites for hydroxylation is 1. The van der Waals surface area contributed by atoms with Crippen LogP contribution in [0.1, 0.15) is 22.7 Å². The highest BCUT2D eigenvalue weighted by molar-refractivity contribution is 9.10. The van der Waals surface area contributed by atoms with Crippen molar-refractivity contribution in [1.82, 2.24) is 0 Å². The molecule has 2 N–H and O–H groups in total. The van der Waals surface area contributed by atoms with Gasteiger partial charge in [-0.05, 0) is 48.7 Å². The third-order valence-electron chi connectivity index (χ3n) is 3.00. The van der Waals surface area contributed by atoms with Gasteiger partial charge in [-0.3, -0.25) is 0 Å². The Kier molecular flexibility index (Phi) is 4.91. The molecular weight excluding hydrogens is 345 g/mol. The van der Waals surface area contributed by atoms with Crippen molar-refractivity contribution in [3.8, 4) is 0 Å². The minimum absolute atomic E-state index is 0.120. The second kappa shape index (κ2) is 6.27. The van der Waals surface area contributed by atoms with Crippen molar-refractivity contribution in [3.05, 3.63) is 67.6 Å². The second-order valence-corrected chi connectivity index (χ2v) is 6.27. The van der Waals surface area contributed by atoms with E-state index in [4.69, 9.17) is 28.9 Å². The summed E-state index contributed by atoms with van der Waals surface area (Å²) in [6.07, 6.45) is 0.654. The standard InChI is InChI=1S/C15H14BrCl2N/c1-9-2-4-13(16)12(6-9)15(19)8-10-7-11(17)3-5-14(10)18/h2-7,15H,8,19H2,1H3. The maximum atomic E-state index is 6.28. The van der Waals surface area contributed by atoms with Crippen LogP contribution in [0.25, 0.3) is 0 Å². The summed E-state index contributed by atoms with van der Waals surface area (Å²) in [6, 6.07) is 11.5. The van der Waals surface area contributed by atoms with Gasteiger partial charge in [0.15, 0.2) is 0 Å². The van der Waals surface area contributed by atoms with Crippen LogP contribution in [0, 0.1) is 6.92 Å². The van der Waals surface area contributed by atoms with Gasteiger partial charge in [-0.2, -0.15) is 0 Å². The van der Waals surface area contributed by atoms with E-state index >= 15 is 0 Å². The van der Waals surface area contributed by atoms with Gasteiger partial charge in [0.1, 0.15) is 0 Å². The van der Waals surface area contributed by atoms with Gasteiger partial charge in [-0.25, -0.2) is 0 Å². The molecule has 0 fully saturated rings. The van der Waals surface area contributed by atoms with Gasteiger partial charge >= 0.3 is 0 Å². The summed E-state index contributed by atoms with van der Waals surface area (Å²) in [4.78, 5) is 0. The van der Waals surface area contributed by atoms with Gasteiger partial charge in [-0.15, -0.1) is 0 Å². The minimum atomic E-state index is -0.120. The van der Waals surface area contributed by atoms with Crippen molar-refractivity contribution in [2.75, 3.05) is 0 Å². The fourth-order valence-corrected chi connectivity index (χ4v) is 2.92. The average Bonchev–Trinajstić information content (AvgIpc) is 2.36. The van der Waals surface area contributed by atoms with Crippen molar-refractivity contribution in [2.24, 2.45) is 5.73 Å². The third-order valence-corrected chi connectivity index (χ3v) is 4.32. The Labute approximate surface area is 131 Å². The topological polar surface area (TPSA) is 26.0 Å². The molecule has 0 spiro atoms. The molecule has 0 saturated carbocycles. The smallest absolute Gasteiger partial charge is 0.0439 e. The second-order valence-electron chi connectivity index (χ2n) is 4.57. The van der Waals surface area contributed by atoms with Crippen LogP contribution in [0.15, 0.2) is 40.9 Å². The van der Waals surface area contributed by atoms with E-state index < -0.39 is 0 Å². The summed E-state index contributed by atoms with van der Waals surface area (Å²) in [6.45, 7) is 2.05.